The Morgan fingerprint density at radius 3 is 2.40 bits per heavy atom. The van der Waals surface area contributed by atoms with Gasteiger partial charge in [-0.3, -0.25) is 9.35 Å². The number of alkyl halides is 2. The maximum Gasteiger partial charge on any atom is 0.465 e. The van der Waals surface area contributed by atoms with E-state index in [1.165, 1.54) is 0 Å². The fraction of sp³-hybridized carbons (Fsp3) is 0.864. The van der Waals surface area contributed by atoms with Gasteiger partial charge in [0.2, 0.25) is 0 Å². The van der Waals surface area contributed by atoms with Gasteiger partial charge in [0.05, 0.1) is 11.5 Å². The van der Waals surface area contributed by atoms with Crippen molar-refractivity contribution in [1.82, 2.24) is 0 Å². The lowest BCUT2D eigenvalue weighted by atomic mass is 9.52. The third-order valence-corrected chi connectivity index (χ3v) is 9.82. The molecule has 1 heterocycles. The average Bonchev–Trinajstić information content (AvgIpc) is 3.35. The molecule has 35 heavy (non-hydrogen) atoms. The van der Waals surface area contributed by atoms with E-state index in [9.17, 15) is 31.6 Å². The van der Waals surface area contributed by atoms with Crippen LogP contribution in [0.4, 0.5) is 8.78 Å². The van der Waals surface area contributed by atoms with Crippen molar-refractivity contribution >= 4 is 28.0 Å². The summed E-state index contributed by atoms with van der Waals surface area (Å²) in [6.07, 6.45) is 3.04. The van der Waals surface area contributed by atoms with Gasteiger partial charge < -0.3 is 18.9 Å². The summed E-state index contributed by atoms with van der Waals surface area (Å²) in [5, 5.41) is -5.07. The Bertz CT molecular complexity index is 1080. The number of ether oxygens (including phenoxy) is 4. The summed E-state index contributed by atoms with van der Waals surface area (Å²) in [4.78, 5) is 36.6. The Labute approximate surface area is 199 Å². The van der Waals surface area contributed by atoms with Gasteiger partial charge in [0.15, 0.2) is 0 Å². The number of halogens is 2. The van der Waals surface area contributed by atoms with Gasteiger partial charge in [-0.1, -0.05) is 0 Å². The van der Waals surface area contributed by atoms with E-state index in [4.69, 9.17) is 23.5 Å². The maximum absolute atomic E-state index is 13.9. The first-order valence-corrected chi connectivity index (χ1v) is 13.4. The van der Waals surface area contributed by atoms with Gasteiger partial charge >= 0.3 is 33.3 Å². The van der Waals surface area contributed by atoms with E-state index in [0.717, 1.165) is 12.8 Å². The van der Waals surface area contributed by atoms with Crippen LogP contribution >= 0.6 is 0 Å². The lowest BCUT2D eigenvalue weighted by molar-refractivity contribution is -0.242. The zero-order valence-corrected chi connectivity index (χ0v) is 19.5. The van der Waals surface area contributed by atoms with Crippen molar-refractivity contribution in [2.24, 2.45) is 29.6 Å². The molecule has 6 saturated carbocycles. The molecule has 1 aliphatic heterocycles. The summed E-state index contributed by atoms with van der Waals surface area (Å²) >= 11 is 0. The van der Waals surface area contributed by atoms with Crippen molar-refractivity contribution in [2.75, 3.05) is 6.61 Å². The van der Waals surface area contributed by atoms with Crippen LogP contribution in [0.2, 0.25) is 0 Å². The largest absolute Gasteiger partial charge is 0.465 e. The van der Waals surface area contributed by atoms with E-state index in [0.29, 0.717) is 19.3 Å². The highest BCUT2D eigenvalue weighted by Gasteiger charge is 2.65. The molecule has 0 spiro atoms. The summed E-state index contributed by atoms with van der Waals surface area (Å²) in [6.45, 7) is -0.386. The quantitative estimate of drug-likeness (QED) is 0.299. The van der Waals surface area contributed by atoms with Gasteiger partial charge in [0.25, 0.3) is 0 Å². The maximum atomic E-state index is 13.9. The first kappa shape index (κ1) is 23.5. The zero-order chi connectivity index (χ0) is 25.0. The molecule has 1 N–H and O–H groups in total. The van der Waals surface area contributed by atoms with Crippen LogP contribution in [0, 0.1) is 29.6 Å². The minimum atomic E-state index is -5.98. The van der Waals surface area contributed by atoms with E-state index < -0.39 is 50.7 Å². The van der Waals surface area contributed by atoms with Crippen LogP contribution in [0.1, 0.15) is 51.4 Å². The van der Waals surface area contributed by atoms with E-state index in [1.54, 1.807) is 0 Å². The van der Waals surface area contributed by atoms with Crippen molar-refractivity contribution < 1.29 is 55.1 Å². The van der Waals surface area contributed by atoms with Crippen molar-refractivity contribution in [3.63, 3.8) is 0 Å². The molecule has 7 atom stereocenters. The van der Waals surface area contributed by atoms with Crippen LogP contribution in [-0.4, -0.2) is 66.1 Å². The van der Waals surface area contributed by atoms with Crippen molar-refractivity contribution in [3.8, 4) is 0 Å². The SMILES string of the molecule is O=C(COC12CC3CC(C1)CC(OC(=O)C(F)(F)S(=O)(=O)O)(C3)C2)OC1C2CC3C(=O)OC1C3C2. The highest BCUT2D eigenvalue weighted by Crippen LogP contribution is 2.60. The smallest absolute Gasteiger partial charge is 0.458 e. The normalized spacial score (nSPS) is 45.0. The first-order chi connectivity index (χ1) is 16.3. The number of carbonyl (C=O) groups is 3. The van der Waals surface area contributed by atoms with Crippen LogP contribution in [0.5, 0.6) is 0 Å². The minimum Gasteiger partial charge on any atom is -0.458 e. The number of esters is 3. The third-order valence-electron chi connectivity index (χ3n) is 9.00. The monoisotopic (exact) mass is 520 g/mol. The molecule has 10 nitrogen and oxygen atoms in total. The summed E-state index contributed by atoms with van der Waals surface area (Å²) in [5.41, 5.74) is -2.24. The topological polar surface area (TPSA) is 142 Å². The fourth-order valence-corrected chi connectivity index (χ4v) is 8.46. The van der Waals surface area contributed by atoms with Crippen molar-refractivity contribution in [2.45, 2.75) is 80.0 Å². The van der Waals surface area contributed by atoms with E-state index in [-0.39, 0.29) is 61.4 Å². The van der Waals surface area contributed by atoms with Gasteiger partial charge in [-0.05, 0) is 56.8 Å². The van der Waals surface area contributed by atoms with Crippen LogP contribution in [-0.2, 0) is 43.4 Å². The van der Waals surface area contributed by atoms with Crippen LogP contribution in [0.25, 0.3) is 0 Å². The molecule has 7 fully saturated rings. The van der Waals surface area contributed by atoms with Gasteiger partial charge in [0, 0.05) is 18.3 Å². The molecule has 0 aromatic rings. The van der Waals surface area contributed by atoms with Crippen LogP contribution in [0.15, 0.2) is 0 Å². The van der Waals surface area contributed by atoms with E-state index >= 15 is 0 Å². The van der Waals surface area contributed by atoms with Crippen molar-refractivity contribution in [3.05, 3.63) is 0 Å². The van der Waals surface area contributed by atoms with Crippen LogP contribution in [0.3, 0.4) is 0 Å². The molecule has 13 heteroatoms. The van der Waals surface area contributed by atoms with Gasteiger partial charge in [-0.15, -0.1) is 0 Å². The Morgan fingerprint density at radius 1 is 1.09 bits per heavy atom. The predicted molar refractivity (Wildman–Crippen MR) is 108 cm³/mol. The molecule has 1 saturated heterocycles. The molecule has 194 valence electrons. The lowest BCUT2D eigenvalue weighted by Crippen LogP contribution is -2.62. The molecule has 7 rings (SSSR count). The van der Waals surface area contributed by atoms with Crippen LogP contribution < -0.4 is 0 Å². The second-order valence-corrected chi connectivity index (χ2v) is 12.8. The summed E-state index contributed by atoms with van der Waals surface area (Å²) in [7, 11) is -5.98. The number of rotatable bonds is 7. The Balaban J connectivity index is 1.11. The summed E-state index contributed by atoms with van der Waals surface area (Å²) in [5.74, 6) is -3.08. The molecule has 7 aliphatic rings. The molecular formula is C22H26F2O10S. The Hall–Kier alpha value is -1.86. The number of fused-ring (bicyclic) bond motifs is 1. The summed E-state index contributed by atoms with van der Waals surface area (Å²) in [6, 6.07) is 0. The molecule has 6 aliphatic carbocycles. The lowest BCUT2D eigenvalue weighted by Gasteiger charge is -2.60. The fourth-order valence-electron chi connectivity index (χ4n) is 8.21. The van der Waals surface area contributed by atoms with E-state index in [1.807, 2.05) is 0 Å². The number of hydrogen-bond donors (Lipinski definition) is 1. The molecular weight excluding hydrogens is 494 g/mol. The molecule has 6 bridgehead atoms. The Kier molecular flexibility index (Phi) is 4.94. The predicted octanol–water partition coefficient (Wildman–Crippen LogP) is 1.61. The number of carbonyl (C=O) groups excluding carboxylic acids is 3. The number of hydrogen-bond acceptors (Lipinski definition) is 9. The molecule has 0 amide bonds. The second-order valence-electron chi connectivity index (χ2n) is 11.4. The minimum absolute atomic E-state index is 0.000159. The van der Waals surface area contributed by atoms with Gasteiger partial charge in [-0.2, -0.15) is 17.2 Å². The van der Waals surface area contributed by atoms with E-state index in [2.05, 4.69) is 0 Å². The second kappa shape index (κ2) is 7.34. The molecule has 0 aromatic carbocycles. The Morgan fingerprint density at radius 2 is 1.74 bits per heavy atom. The highest BCUT2D eigenvalue weighted by molar-refractivity contribution is 7.87. The average molecular weight is 521 g/mol. The summed E-state index contributed by atoms with van der Waals surface area (Å²) < 4.78 is 80.6. The zero-order valence-electron chi connectivity index (χ0n) is 18.7. The molecule has 0 radical (unpaired) electrons. The standard InChI is InChI=1S/C22H26F2O10S/c23-22(24,35(28,29)30)19(27)34-21-6-10-1-11(7-21)5-20(4-10,9-21)31-8-15(25)32-16-12-2-13-14(3-12)18(26)33-17(13)16/h10-14,16-17H,1-9H2,(H,28,29,30). The van der Waals surface area contributed by atoms with Gasteiger partial charge in [-0.25, -0.2) is 9.59 Å². The molecule has 7 unspecified atom stereocenters. The van der Waals surface area contributed by atoms with Crippen molar-refractivity contribution in [1.29, 1.82) is 0 Å². The van der Waals surface area contributed by atoms with Gasteiger partial charge in [0.1, 0.15) is 24.4 Å². The highest BCUT2D eigenvalue weighted by atomic mass is 32.2. The first-order valence-electron chi connectivity index (χ1n) is 11.9. The molecule has 0 aromatic heterocycles. The third kappa shape index (κ3) is 3.59.